The average Bonchev–Trinajstić information content (AvgIpc) is 2.55. The maximum atomic E-state index is 4.82. The highest BCUT2D eigenvalue weighted by Crippen LogP contribution is 2.41. The molecule has 1 heteroatoms. The van der Waals surface area contributed by atoms with E-state index in [0.717, 1.165) is 4.90 Å². The fourth-order valence-corrected chi connectivity index (χ4v) is 3.96. The maximum Gasteiger partial charge on any atom is 0.0198 e. The molecule has 5 aromatic carbocycles. The standard InChI is InChI=1S/C20H12S/c21-20-16-7-2-1-6-14(16)15-10-8-12-4-3-5-13-9-11-17(20)19(15)18(12)13/h1-11,21H. The van der Waals surface area contributed by atoms with Gasteiger partial charge >= 0.3 is 0 Å². The van der Waals surface area contributed by atoms with Crippen molar-refractivity contribution in [3.05, 3.63) is 66.7 Å². The number of hydrogen-bond donors (Lipinski definition) is 1. The number of fused-ring (bicyclic) bond motifs is 2. The molecule has 0 N–H and O–H groups in total. The van der Waals surface area contributed by atoms with Gasteiger partial charge in [-0.1, -0.05) is 66.7 Å². The average molecular weight is 284 g/mol. The molecular formula is C20H12S. The van der Waals surface area contributed by atoms with E-state index < -0.39 is 0 Å². The van der Waals surface area contributed by atoms with E-state index in [4.69, 9.17) is 12.6 Å². The summed E-state index contributed by atoms with van der Waals surface area (Å²) in [6.45, 7) is 0. The van der Waals surface area contributed by atoms with E-state index in [0.29, 0.717) is 0 Å². The first-order chi connectivity index (χ1) is 10.3. The summed E-state index contributed by atoms with van der Waals surface area (Å²) < 4.78 is 0. The second-order valence-electron chi connectivity index (χ2n) is 5.57. The first-order valence-corrected chi connectivity index (χ1v) is 7.56. The Hall–Kier alpha value is -2.25. The molecule has 0 fully saturated rings. The Labute approximate surface area is 127 Å². The second-order valence-corrected chi connectivity index (χ2v) is 6.02. The highest BCUT2D eigenvalue weighted by molar-refractivity contribution is 7.80. The predicted octanol–water partition coefficient (Wildman–Crippen LogP) is 6.03. The van der Waals surface area contributed by atoms with Crippen LogP contribution in [0.1, 0.15) is 0 Å². The van der Waals surface area contributed by atoms with Crippen LogP contribution in [0.5, 0.6) is 0 Å². The van der Waals surface area contributed by atoms with Gasteiger partial charge < -0.3 is 0 Å². The molecule has 0 heterocycles. The number of benzene rings is 5. The summed E-state index contributed by atoms with van der Waals surface area (Å²) >= 11 is 4.82. The summed E-state index contributed by atoms with van der Waals surface area (Å²) in [5.41, 5.74) is 0. The molecule has 5 aromatic rings. The van der Waals surface area contributed by atoms with Gasteiger partial charge in [-0.05, 0) is 43.1 Å². The lowest BCUT2D eigenvalue weighted by Gasteiger charge is -2.15. The lowest BCUT2D eigenvalue weighted by Crippen LogP contribution is -1.87. The molecule has 0 radical (unpaired) electrons. The van der Waals surface area contributed by atoms with Crippen LogP contribution in [0.3, 0.4) is 0 Å². The Morgan fingerprint density at radius 1 is 0.476 bits per heavy atom. The summed E-state index contributed by atoms with van der Waals surface area (Å²) in [5.74, 6) is 0. The molecule has 0 aliphatic carbocycles. The Morgan fingerprint density at radius 2 is 1.14 bits per heavy atom. The number of thiol groups is 1. The van der Waals surface area contributed by atoms with Crippen molar-refractivity contribution in [3.8, 4) is 0 Å². The predicted molar refractivity (Wildman–Crippen MR) is 94.9 cm³/mol. The van der Waals surface area contributed by atoms with Crippen LogP contribution in [0.4, 0.5) is 0 Å². The van der Waals surface area contributed by atoms with Crippen molar-refractivity contribution in [2.24, 2.45) is 0 Å². The molecule has 0 aromatic heterocycles. The van der Waals surface area contributed by atoms with Crippen molar-refractivity contribution < 1.29 is 0 Å². The van der Waals surface area contributed by atoms with E-state index in [-0.39, 0.29) is 0 Å². The Morgan fingerprint density at radius 3 is 1.90 bits per heavy atom. The van der Waals surface area contributed by atoms with Gasteiger partial charge in [-0.2, -0.15) is 0 Å². The lowest BCUT2D eigenvalue weighted by atomic mass is 9.91. The second kappa shape index (κ2) is 3.90. The first kappa shape index (κ1) is 11.4. The zero-order valence-corrected chi connectivity index (χ0v) is 12.2. The highest BCUT2D eigenvalue weighted by Gasteiger charge is 2.13. The summed E-state index contributed by atoms with van der Waals surface area (Å²) in [4.78, 5) is 1.08. The minimum atomic E-state index is 1.08. The minimum absolute atomic E-state index is 1.08. The zero-order valence-electron chi connectivity index (χ0n) is 11.3. The molecule has 0 aliphatic rings. The lowest BCUT2D eigenvalue weighted by molar-refractivity contribution is 1.65. The SMILES string of the molecule is Sc1c2ccccc2c2ccc3cccc4ccc1c2c43. The normalized spacial score (nSPS) is 12.0. The molecular weight excluding hydrogens is 272 g/mol. The summed E-state index contributed by atoms with van der Waals surface area (Å²) in [5, 5.41) is 10.4. The van der Waals surface area contributed by atoms with Gasteiger partial charge in [0, 0.05) is 4.90 Å². The van der Waals surface area contributed by atoms with Gasteiger partial charge in [-0.25, -0.2) is 0 Å². The first-order valence-electron chi connectivity index (χ1n) is 7.12. The van der Waals surface area contributed by atoms with Gasteiger partial charge in [0.05, 0.1) is 0 Å². The molecule has 0 atom stereocenters. The number of rotatable bonds is 0. The summed E-state index contributed by atoms with van der Waals surface area (Å²) in [6.07, 6.45) is 0. The molecule has 0 saturated heterocycles. The van der Waals surface area contributed by atoms with E-state index >= 15 is 0 Å². The van der Waals surface area contributed by atoms with E-state index in [1.807, 2.05) is 0 Å². The minimum Gasteiger partial charge on any atom is -0.142 e. The molecule has 0 amide bonds. The van der Waals surface area contributed by atoms with Gasteiger partial charge in [0.25, 0.3) is 0 Å². The summed E-state index contributed by atoms with van der Waals surface area (Å²) in [6, 6.07) is 23.9. The quantitative estimate of drug-likeness (QED) is 0.200. The summed E-state index contributed by atoms with van der Waals surface area (Å²) in [7, 11) is 0. The van der Waals surface area contributed by atoms with Crippen LogP contribution in [0.2, 0.25) is 0 Å². The molecule has 0 nitrogen and oxygen atoms in total. The van der Waals surface area contributed by atoms with Gasteiger partial charge in [0.2, 0.25) is 0 Å². The zero-order chi connectivity index (χ0) is 14.0. The van der Waals surface area contributed by atoms with Crippen LogP contribution in [-0.2, 0) is 0 Å². The van der Waals surface area contributed by atoms with E-state index in [1.165, 1.54) is 43.1 Å². The third-order valence-corrected chi connectivity index (χ3v) is 4.99. The Balaban J connectivity index is 2.26. The van der Waals surface area contributed by atoms with Crippen molar-refractivity contribution in [3.63, 3.8) is 0 Å². The fraction of sp³-hybridized carbons (Fsp3) is 0. The fourth-order valence-electron chi connectivity index (χ4n) is 3.57. The molecule has 0 unspecified atom stereocenters. The molecule has 0 aliphatic heterocycles. The molecule has 21 heavy (non-hydrogen) atoms. The Bertz CT molecular complexity index is 1120. The van der Waals surface area contributed by atoms with Crippen LogP contribution in [-0.4, -0.2) is 0 Å². The maximum absolute atomic E-state index is 4.82. The van der Waals surface area contributed by atoms with Crippen molar-refractivity contribution >= 4 is 55.7 Å². The molecule has 0 bridgehead atoms. The van der Waals surface area contributed by atoms with Crippen molar-refractivity contribution in [1.29, 1.82) is 0 Å². The molecule has 0 spiro atoms. The molecule has 98 valence electrons. The molecule has 5 rings (SSSR count). The van der Waals surface area contributed by atoms with Crippen LogP contribution >= 0.6 is 12.6 Å². The smallest absolute Gasteiger partial charge is 0.0198 e. The van der Waals surface area contributed by atoms with Crippen molar-refractivity contribution in [1.82, 2.24) is 0 Å². The third kappa shape index (κ3) is 1.37. The van der Waals surface area contributed by atoms with E-state index in [9.17, 15) is 0 Å². The van der Waals surface area contributed by atoms with Crippen LogP contribution in [0, 0.1) is 0 Å². The van der Waals surface area contributed by atoms with Gasteiger partial charge in [-0.3, -0.25) is 0 Å². The largest absolute Gasteiger partial charge is 0.142 e. The van der Waals surface area contributed by atoms with Crippen molar-refractivity contribution in [2.45, 2.75) is 4.90 Å². The Kier molecular flexibility index (Phi) is 2.12. The van der Waals surface area contributed by atoms with Crippen LogP contribution in [0.25, 0.3) is 43.1 Å². The topological polar surface area (TPSA) is 0 Å². The van der Waals surface area contributed by atoms with Gasteiger partial charge in [0.15, 0.2) is 0 Å². The van der Waals surface area contributed by atoms with E-state index in [2.05, 4.69) is 66.7 Å². The van der Waals surface area contributed by atoms with Crippen LogP contribution < -0.4 is 0 Å². The monoisotopic (exact) mass is 284 g/mol. The highest BCUT2D eigenvalue weighted by atomic mass is 32.1. The number of hydrogen-bond acceptors (Lipinski definition) is 1. The van der Waals surface area contributed by atoms with E-state index in [1.54, 1.807) is 0 Å². The van der Waals surface area contributed by atoms with Gasteiger partial charge in [0.1, 0.15) is 0 Å². The van der Waals surface area contributed by atoms with Crippen LogP contribution in [0.15, 0.2) is 71.6 Å². The van der Waals surface area contributed by atoms with Gasteiger partial charge in [-0.15, -0.1) is 12.6 Å². The molecule has 0 saturated carbocycles. The third-order valence-electron chi connectivity index (χ3n) is 4.50. The van der Waals surface area contributed by atoms with Crippen molar-refractivity contribution in [2.75, 3.05) is 0 Å².